The molecule has 3 aromatic rings. The van der Waals surface area contributed by atoms with Crippen LogP contribution in [0.1, 0.15) is 13.8 Å². The predicted molar refractivity (Wildman–Crippen MR) is 97.2 cm³/mol. The van der Waals surface area contributed by atoms with Crippen molar-refractivity contribution in [2.75, 3.05) is 5.01 Å². The molecule has 26 heavy (non-hydrogen) atoms. The van der Waals surface area contributed by atoms with Gasteiger partial charge in [-0.2, -0.15) is 5.01 Å². The van der Waals surface area contributed by atoms with Gasteiger partial charge in [-0.15, -0.1) is 0 Å². The molecule has 1 unspecified atom stereocenters. The molecule has 0 fully saturated rings. The molecule has 6 nitrogen and oxygen atoms in total. The summed E-state index contributed by atoms with van der Waals surface area (Å²) in [7, 11) is 0. The molecule has 1 atom stereocenters. The summed E-state index contributed by atoms with van der Waals surface area (Å²) in [4.78, 5) is 4.60. The fraction of sp³-hybridized carbons (Fsp3) is 0.167. The summed E-state index contributed by atoms with van der Waals surface area (Å²) in [5, 5.41) is 21.2. The Morgan fingerprint density at radius 1 is 1.00 bits per heavy atom. The van der Waals surface area contributed by atoms with Crippen molar-refractivity contribution in [3.05, 3.63) is 71.3 Å². The van der Waals surface area contributed by atoms with Gasteiger partial charge < -0.3 is 22.1 Å². The Hall–Kier alpha value is -2.16. The van der Waals surface area contributed by atoms with Crippen LogP contribution in [-0.4, -0.2) is 25.8 Å². The van der Waals surface area contributed by atoms with Gasteiger partial charge in [-0.05, 0) is 47.7 Å². The molecule has 0 saturated heterocycles. The summed E-state index contributed by atoms with van der Waals surface area (Å²) in [5.74, 6) is 0.665. The second-order valence-electron chi connectivity index (χ2n) is 5.72. The second kappa shape index (κ2) is 7.61. The molecule has 0 radical (unpaired) electrons. The Kier molecular flexibility index (Phi) is 5.45. The van der Waals surface area contributed by atoms with Crippen molar-refractivity contribution < 1.29 is 26.9 Å². The van der Waals surface area contributed by atoms with Crippen molar-refractivity contribution in [1.29, 1.82) is 0 Å². The van der Waals surface area contributed by atoms with Gasteiger partial charge in [0.2, 0.25) is 5.56 Å². The van der Waals surface area contributed by atoms with Gasteiger partial charge in [-0.1, -0.05) is 48.2 Å². The first kappa shape index (κ1) is 18.6. The third-order valence-electron chi connectivity index (χ3n) is 4.16. The normalized spacial score (nSPS) is 16.7. The van der Waals surface area contributed by atoms with Crippen LogP contribution in [0.3, 0.4) is 0 Å². The zero-order chi connectivity index (χ0) is 17.4. The third-order valence-corrected chi connectivity index (χ3v) is 5.22. The van der Waals surface area contributed by atoms with Gasteiger partial charge in [0.1, 0.15) is 5.70 Å². The highest BCUT2D eigenvalue weighted by molar-refractivity contribution is 8.03. The quantitative estimate of drug-likeness (QED) is 0.563. The first-order valence-corrected chi connectivity index (χ1v) is 8.85. The summed E-state index contributed by atoms with van der Waals surface area (Å²) in [6, 6.07) is 19.6. The highest BCUT2D eigenvalue weighted by Gasteiger charge is 2.38. The van der Waals surface area contributed by atoms with Crippen LogP contribution >= 0.6 is 11.8 Å². The molecule has 1 aliphatic heterocycles. The van der Waals surface area contributed by atoms with Crippen LogP contribution in [-0.2, 0) is 0 Å². The van der Waals surface area contributed by atoms with E-state index >= 15 is 0 Å². The summed E-state index contributed by atoms with van der Waals surface area (Å²) >= 11 is 1.41. The van der Waals surface area contributed by atoms with Gasteiger partial charge in [0.25, 0.3) is 0 Å². The first-order chi connectivity index (χ1) is 12.2. The topological polar surface area (TPSA) is 58.1 Å². The maximum Gasteiger partial charge on any atom is 0.306 e. The molecule has 134 valence electrons. The van der Waals surface area contributed by atoms with Crippen LogP contribution in [0.2, 0.25) is 0 Å². The molecule has 1 N–H and O–H groups in total. The lowest BCUT2D eigenvalue weighted by Gasteiger charge is -2.20. The number of aliphatic hydroxyl groups excluding tert-OH is 1. The van der Waals surface area contributed by atoms with Crippen LogP contribution in [0.25, 0.3) is 17.1 Å². The van der Waals surface area contributed by atoms with Gasteiger partial charge in [0.15, 0.2) is 5.69 Å². The Labute approximate surface area is 166 Å². The molecule has 0 bridgehead atoms. The number of thioether (sulfide) groups is 1. The number of aromatic nitrogens is 4. The molecule has 0 amide bonds. The standard InChI is InChI=1S/C18H18N5OS.BrH/c1-13-14(2)25-18(24)21(13)23-17(15-9-5-3-6-10-15)19-20-22(23)16-11-7-4-8-12-16;/h3-12,18,24H,1-2H3;1H/q+1;/p-1. The smallest absolute Gasteiger partial charge is 0.306 e. The molecule has 1 aromatic heterocycles. The molecular formula is C18H18BrN5OS. The largest absolute Gasteiger partial charge is 1.00 e. The average molecular weight is 432 g/mol. The molecule has 2 heterocycles. The number of nitrogens with zero attached hydrogens (tertiary/aromatic N) is 5. The predicted octanol–water partition coefficient (Wildman–Crippen LogP) is -0.562. The maximum absolute atomic E-state index is 10.6. The lowest BCUT2D eigenvalue weighted by Crippen LogP contribution is -3.00. The molecule has 2 aromatic carbocycles. The molecule has 8 heteroatoms. The minimum atomic E-state index is -0.728. The first-order valence-electron chi connectivity index (χ1n) is 7.97. The van der Waals surface area contributed by atoms with Crippen molar-refractivity contribution in [3.8, 4) is 17.1 Å². The van der Waals surface area contributed by atoms with Gasteiger partial charge in [0, 0.05) is 15.6 Å². The summed E-state index contributed by atoms with van der Waals surface area (Å²) in [5.41, 5.74) is 2.04. The number of allylic oxidation sites excluding steroid dienone is 2. The minimum absolute atomic E-state index is 0. The molecule has 0 saturated carbocycles. The van der Waals surface area contributed by atoms with E-state index in [2.05, 4.69) is 10.3 Å². The van der Waals surface area contributed by atoms with Crippen LogP contribution < -0.4 is 26.8 Å². The molecule has 1 aliphatic rings. The van der Waals surface area contributed by atoms with Gasteiger partial charge in [0.05, 0.1) is 5.21 Å². The molecular weight excluding hydrogens is 414 g/mol. The number of aliphatic hydroxyl groups is 1. The van der Waals surface area contributed by atoms with Crippen molar-refractivity contribution in [2.45, 2.75) is 19.4 Å². The number of tetrazole rings is 1. The van der Waals surface area contributed by atoms with E-state index < -0.39 is 5.56 Å². The number of hydrogen-bond donors (Lipinski definition) is 1. The summed E-state index contributed by atoms with van der Waals surface area (Å²) in [6.07, 6.45) is 0. The Morgan fingerprint density at radius 3 is 2.19 bits per heavy atom. The van der Waals surface area contributed by atoms with Crippen LogP contribution in [0, 0.1) is 0 Å². The van der Waals surface area contributed by atoms with E-state index in [-0.39, 0.29) is 17.0 Å². The Morgan fingerprint density at radius 2 is 1.62 bits per heavy atom. The van der Waals surface area contributed by atoms with E-state index in [1.54, 1.807) is 4.80 Å². The van der Waals surface area contributed by atoms with E-state index in [1.807, 2.05) is 84.3 Å². The maximum atomic E-state index is 10.6. The Balaban J connectivity index is 0.00000196. The average Bonchev–Trinajstić information content (AvgIpc) is 3.17. The summed E-state index contributed by atoms with van der Waals surface area (Å²) in [6.45, 7) is 3.99. The molecule has 0 spiro atoms. The fourth-order valence-corrected chi connectivity index (χ4v) is 3.71. The van der Waals surface area contributed by atoms with E-state index in [0.29, 0.717) is 5.82 Å². The van der Waals surface area contributed by atoms with Gasteiger partial charge in [-0.3, -0.25) is 0 Å². The van der Waals surface area contributed by atoms with Crippen LogP contribution in [0.15, 0.2) is 71.3 Å². The van der Waals surface area contributed by atoms with Crippen molar-refractivity contribution in [3.63, 3.8) is 0 Å². The van der Waals surface area contributed by atoms with Crippen molar-refractivity contribution in [2.24, 2.45) is 0 Å². The van der Waals surface area contributed by atoms with Gasteiger partial charge in [-0.25, -0.2) is 0 Å². The van der Waals surface area contributed by atoms with E-state index in [4.69, 9.17) is 0 Å². The van der Waals surface area contributed by atoms with E-state index in [0.717, 1.165) is 21.9 Å². The van der Waals surface area contributed by atoms with Crippen molar-refractivity contribution >= 4 is 11.8 Å². The van der Waals surface area contributed by atoms with Crippen molar-refractivity contribution in [1.82, 2.24) is 15.1 Å². The second-order valence-corrected chi connectivity index (χ2v) is 6.99. The fourth-order valence-electron chi connectivity index (χ4n) is 2.78. The third kappa shape index (κ3) is 3.15. The highest BCUT2D eigenvalue weighted by atomic mass is 79.9. The number of hydrogen-bond acceptors (Lipinski definition) is 5. The van der Waals surface area contributed by atoms with E-state index in [9.17, 15) is 5.11 Å². The number of halogens is 1. The summed E-state index contributed by atoms with van der Waals surface area (Å²) < 4.78 is 0. The molecule has 0 aliphatic carbocycles. The lowest BCUT2D eigenvalue weighted by atomic mass is 10.2. The monoisotopic (exact) mass is 431 g/mol. The zero-order valence-electron chi connectivity index (χ0n) is 14.3. The van der Waals surface area contributed by atoms with E-state index in [1.165, 1.54) is 11.8 Å². The molecule has 4 rings (SSSR count). The number of para-hydroxylation sites is 1. The zero-order valence-corrected chi connectivity index (χ0v) is 16.7. The van der Waals surface area contributed by atoms with Crippen LogP contribution in [0.4, 0.5) is 0 Å². The SMILES string of the molecule is CC1=C(C)N(n2c(-c3ccccc3)nn[n+]2-c2ccccc2)C(O)S1.[Br-]. The minimum Gasteiger partial charge on any atom is -1.00 e. The Bertz CT molecular complexity index is 872. The van der Waals surface area contributed by atoms with Gasteiger partial charge >= 0.3 is 5.82 Å². The number of benzene rings is 2. The highest BCUT2D eigenvalue weighted by Crippen LogP contribution is 2.35. The van der Waals surface area contributed by atoms with Crippen LogP contribution in [0.5, 0.6) is 0 Å². The number of rotatable bonds is 3. The lowest BCUT2D eigenvalue weighted by molar-refractivity contribution is -0.742.